The number of benzene rings is 2. The van der Waals surface area contributed by atoms with Crippen LogP contribution in [0.5, 0.6) is 0 Å². The number of halogens is 2. The van der Waals surface area contributed by atoms with Crippen molar-refractivity contribution in [3.63, 3.8) is 0 Å². The van der Waals surface area contributed by atoms with Crippen LogP contribution in [0.4, 0.5) is 4.39 Å². The summed E-state index contributed by atoms with van der Waals surface area (Å²) < 4.78 is 13.1. The summed E-state index contributed by atoms with van der Waals surface area (Å²) in [7, 11) is 0. The number of rotatable bonds is 4. The lowest BCUT2D eigenvalue weighted by atomic mass is 10.1. The Morgan fingerprint density at radius 3 is 2.86 bits per heavy atom. The lowest BCUT2D eigenvalue weighted by Crippen LogP contribution is -2.25. The van der Waals surface area contributed by atoms with Crippen LogP contribution in [0.3, 0.4) is 0 Å². The number of hydrogen-bond acceptors (Lipinski definition) is 1. The van der Waals surface area contributed by atoms with Crippen molar-refractivity contribution < 1.29 is 9.18 Å². The van der Waals surface area contributed by atoms with Crippen LogP contribution < -0.4 is 5.32 Å². The van der Waals surface area contributed by atoms with E-state index in [0.29, 0.717) is 23.6 Å². The summed E-state index contributed by atoms with van der Waals surface area (Å²) >= 11 is 5.99. The van der Waals surface area contributed by atoms with Crippen molar-refractivity contribution in [1.29, 1.82) is 0 Å². The normalized spacial score (nSPS) is 10.8. The molecule has 0 fully saturated rings. The maximum Gasteiger partial charge on any atom is 0.252 e. The Kier molecular flexibility index (Phi) is 4.11. The summed E-state index contributed by atoms with van der Waals surface area (Å²) in [5.41, 5.74) is 2.26. The number of amides is 1. The number of aromatic amines is 1. The van der Waals surface area contributed by atoms with Gasteiger partial charge in [0.25, 0.3) is 5.91 Å². The largest absolute Gasteiger partial charge is 0.361 e. The van der Waals surface area contributed by atoms with Gasteiger partial charge in [-0.05, 0) is 42.3 Å². The van der Waals surface area contributed by atoms with Crippen LogP contribution in [-0.4, -0.2) is 17.4 Å². The first kappa shape index (κ1) is 14.6. The molecule has 22 heavy (non-hydrogen) atoms. The van der Waals surface area contributed by atoms with Crippen molar-refractivity contribution in [3.05, 3.63) is 70.6 Å². The Hall–Kier alpha value is -2.33. The van der Waals surface area contributed by atoms with E-state index in [1.165, 1.54) is 12.1 Å². The molecule has 1 aromatic heterocycles. The quantitative estimate of drug-likeness (QED) is 0.752. The average molecular weight is 317 g/mol. The van der Waals surface area contributed by atoms with Gasteiger partial charge >= 0.3 is 0 Å². The Balaban J connectivity index is 1.65. The topological polar surface area (TPSA) is 44.9 Å². The SMILES string of the molecule is O=C(NCCc1c[nH]c2cc(F)ccc12)c1ccccc1Cl. The van der Waals surface area contributed by atoms with Crippen LogP contribution in [-0.2, 0) is 6.42 Å². The summed E-state index contributed by atoms with van der Waals surface area (Å²) in [4.78, 5) is 15.1. The van der Waals surface area contributed by atoms with Gasteiger partial charge in [-0.15, -0.1) is 0 Å². The van der Waals surface area contributed by atoms with Gasteiger partial charge in [0, 0.05) is 23.6 Å². The zero-order valence-electron chi connectivity index (χ0n) is 11.7. The maximum absolute atomic E-state index is 13.1. The summed E-state index contributed by atoms with van der Waals surface area (Å²) in [6.45, 7) is 0.481. The van der Waals surface area contributed by atoms with Crippen molar-refractivity contribution in [3.8, 4) is 0 Å². The average Bonchev–Trinajstić information content (AvgIpc) is 2.90. The summed E-state index contributed by atoms with van der Waals surface area (Å²) in [6, 6.07) is 11.6. The third-order valence-electron chi connectivity index (χ3n) is 3.53. The molecule has 0 radical (unpaired) electrons. The molecule has 0 aliphatic rings. The minimum absolute atomic E-state index is 0.198. The second kappa shape index (κ2) is 6.20. The molecule has 0 saturated heterocycles. The highest BCUT2D eigenvalue weighted by Crippen LogP contribution is 2.19. The summed E-state index contributed by atoms with van der Waals surface area (Å²) in [5, 5.41) is 4.24. The van der Waals surface area contributed by atoms with Crippen LogP contribution in [0, 0.1) is 5.82 Å². The van der Waals surface area contributed by atoms with Crippen LogP contribution in [0.2, 0.25) is 5.02 Å². The van der Waals surface area contributed by atoms with Crippen molar-refractivity contribution in [2.24, 2.45) is 0 Å². The number of carbonyl (C=O) groups is 1. The van der Waals surface area contributed by atoms with E-state index in [-0.39, 0.29) is 11.7 Å². The van der Waals surface area contributed by atoms with Gasteiger partial charge in [0.15, 0.2) is 0 Å². The Bertz CT molecular complexity index is 828. The minimum Gasteiger partial charge on any atom is -0.361 e. The fourth-order valence-corrected chi connectivity index (χ4v) is 2.64. The van der Waals surface area contributed by atoms with Gasteiger partial charge in [-0.25, -0.2) is 4.39 Å². The van der Waals surface area contributed by atoms with E-state index >= 15 is 0 Å². The first-order valence-electron chi connectivity index (χ1n) is 6.93. The molecular weight excluding hydrogens is 303 g/mol. The van der Waals surface area contributed by atoms with Crippen molar-refractivity contribution in [1.82, 2.24) is 10.3 Å². The third kappa shape index (κ3) is 2.97. The molecule has 0 saturated carbocycles. The number of aromatic nitrogens is 1. The molecule has 112 valence electrons. The van der Waals surface area contributed by atoms with Gasteiger partial charge in [-0.1, -0.05) is 23.7 Å². The Morgan fingerprint density at radius 2 is 2.05 bits per heavy atom. The molecule has 1 amide bonds. The highest BCUT2D eigenvalue weighted by molar-refractivity contribution is 6.33. The second-order valence-corrected chi connectivity index (χ2v) is 5.40. The van der Waals surface area contributed by atoms with E-state index in [1.807, 2.05) is 6.20 Å². The predicted octanol–water partition coefficient (Wildman–Crippen LogP) is 3.93. The van der Waals surface area contributed by atoms with Crippen molar-refractivity contribution in [2.45, 2.75) is 6.42 Å². The molecule has 0 aliphatic carbocycles. The van der Waals surface area contributed by atoms with Crippen LogP contribution in [0.1, 0.15) is 15.9 Å². The molecule has 0 bridgehead atoms. The molecule has 3 nitrogen and oxygen atoms in total. The fraction of sp³-hybridized carbons (Fsp3) is 0.118. The lowest BCUT2D eigenvalue weighted by Gasteiger charge is -2.06. The van der Waals surface area contributed by atoms with Gasteiger partial charge in [-0.3, -0.25) is 4.79 Å². The van der Waals surface area contributed by atoms with Gasteiger partial charge in [0.1, 0.15) is 5.82 Å². The molecule has 0 unspecified atom stereocenters. The van der Waals surface area contributed by atoms with E-state index in [0.717, 1.165) is 16.5 Å². The second-order valence-electron chi connectivity index (χ2n) is 4.99. The number of H-pyrrole nitrogens is 1. The number of fused-ring (bicyclic) bond motifs is 1. The van der Waals surface area contributed by atoms with Crippen LogP contribution >= 0.6 is 11.6 Å². The Labute approximate surface area is 132 Å². The highest BCUT2D eigenvalue weighted by atomic mass is 35.5. The van der Waals surface area contributed by atoms with E-state index in [4.69, 9.17) is 11.6 Å². The zero-order valence-corrected chi connectivity index (χ0v) is 12.5. The molecule has 5 heteroatoms. The molecular formula is C17H14ClFN2O. The molecule has 3 rings (SSSR count). The van der Waals surface area contributed by atoms with Crippen molar-refractivity contribution >= 4 is 28.4 Å². The zero-order chi connectivity index (χ0) is 15.5. The monoisotopic (exact) mass is 316 g/mol. The molecule has 0 aliphatic heterocycles. The van der Waals surface area contributed by atoms with Gasteiger partial charge in [0.2, 0.25) is 0 Å². The number of hydrogen-bond donors (Lipinski definition) is 2. The fourth-order valence-electron chi connectivity index (χ4n) is 2.42. The van der Waals surface area contributed by atoms with E-state index in [9.17, 15) is 9.18 Å². The van der Waals surface area contributed by atoms with E-state index in [1.54, 1.807) is 30.3 Å². The molecule has 2 aromatic carbocycles. The Morgan fingerprint density at radius 1 is 1.23 bits per heavy atom. The van der Waals surface area contributed by atoms with E-state index < -0.39 is 0 Å². The molecule has 1 heterocycles. The number of nitrogens with one attached hydrogen (secondary N) is 2. The van der Waals surface area contributed by atoms with Crippen molar-refractivity contribution in [2.75, 3.05) is 6.54 Å². The minimum atomic E-state index is -0.270. The molecule has 3 aromatic rings. The molecule has 0 spiro atoms. The summed E-state index contributed by atoms with van der Waals surface area (Å²) in [6.07, 6.45) is 2.49. The van der Waals surface area contributed by atoms with Crippen LogP contribution in [0.25, 0.3) is 10.9 Å². The van der Waals surface area contributed by atoms with Gasteiger partial charge in [0.05, 0.1) is 10.6 Å². The smallest absolute Gasteiger partial charge is 0.252 e. The standard InChI is InChI=1S/C17H14ClFN2O/c18-15-4-2-1-3-14(15)17(22)20-8-7-11-10-21-16-9-12(19)5-6-13(11)16/h1-6,9-10,21H,7-8H2,(H,20,22). The summed E-state index contributed by atoms with van der Waals surface area (Å²) in [5.74, 6) is -0.468. The van der Waals surface area contributed by atoms with E-state index in [2.05, 4.69) is 10.3 Å². The molecule has 2 N–H and O–H groups in total. The highest BCUT2D eigenvalue weighted by Gasteiger charge is 2.09. The first-order valence-corrected chi connectivity index (χ1v) is 7.31. The predicted molar refractivity (Wildman–Crippen MR) is 85.7 cm³/mol. The van der Waals surface area contributed by atoms with Gasteiger partial charge < -0.3 is 10.3 Å². The third-order valence-corrected chi connectivity index (χ3v) is 3.86. The first-order chi connectivity index (χ1) is 10.6. The maximum atomic E-state index is 13.1. The van der Waals surface area contributed by atoms with Crippen LogP contribution in [0.15, 0.2) is 48.7 Å². The molecule has 0 atom stereocenters. The van der Waals surface area contributed by atoms with Gasteiger partial charge in [-0.2, -0.15) is 0 Å². The number of carbonyl (C=O) groups excluding carboxylic acids is 1. The lowest BCUT2D eigenvalue weighted by molar-refractivity contribution is 0.0954.